The smallest absolute Gasteiger partial charge is 0.292 e. The van der Waals surface area contributed by atoms with Gasteiger partial charge in [0, 0.05) is 51.7 Å². The van der Waals surface area contributed by atoms with E-state index < -0.39 is 0 Å². The third-order valence-electron chi connectivity index (χ3n) is 5.16. The molecule has 2 aromatic rings. The zero-order valence-electron chi connectivity index (χ0n) is 16.7. The average Bonchev–Trinajstić information content (AvgIpc) is 3.23. The van der Waals surface area contributed by atoms with Gasteiger partial charge < -0.3 is 20.1 Å². The molecule has 2 unspecified atom stereocenters. The zero-order valence-corrected chi connectivity index (χ0v) is 19.0. The molecule has 10 heteroatoms. The Hall–Kier alpha value is -2.37. The van der Waals surface area contributed by atoms with Crippen molar-refractivity contribution >= 4 is 41.3 Å². The van der Waals surface area contributed by atoms with Gasteiger partial charge in [-0.1, -0.05) is 19.1 Å². The van der Waals surface area contributed by atoms with Crippen molar-refractivity contribution in [3.8, 4) is 0 Å². The van der Waals surface area contributed by atoms with E-state index in [0.29, 0.717) is 30.7 Å². The van der Waals surface area contributed by atoms with E-state index in [2.05, 4.69) is 37.0 Å². The topological polar surface area (TPSA) is 101 Å². The molecule has 1 aromatic carbocycles. The maximum Gasteiger partial charge on any atom is 0.292 e. The van der Waals surface area contributed by atoms with Crippen molar-refractivity contribution in [2.45, 2.75) is 19.4 Å². The van der Waals surface area contributed by atoms with Crippen molar-refractivity contribution in [3.05, 3.63) is 53.1 Å². The number of benzene rings is 1. The van der Waals surface area contributed by atoms with Crippen LogP contribution in [0.25, 0.3) is 0 Å². The van der Waals surface area contributed by atoms with E-state index in [1.54, 1.807) is 25.2 Å². The second-order valence-electron chi connectivity index (χ2n) is 6.96. The van der Waals surface area contributed by atoms with Crippen LogP contribution < -0.4 is 10.6 Å². The van der Waals surface area contributed by atoms with Crippen molar-refractivity contribution in [1.82, 2.24) is 19.8 Å². The summed E-state index contributed by atoms with van der Waals surface area (Å²) in [5.41, 5.74) is 0.608. The molecule has 1 aliphatic heterocycles. The normalized spacial score (nSPS) is 19.4. The predicted octanol–water partition coefficient (Wildman–Crippen LogP) is 2.98. The molecule has 0 aliphatic carbocycles. The number of rotatable bonds is 6. The van der Waals surface area contributed by atoms with Crippen molar-refractivity contribution < 1.29 is 4.92 Å². The summed E-state index contributed by atoms with van der Waals surface area (Å²) in [7, 11) is 1.78. The van der Waals surface area contributed by atoms with Crippen LogP contribution in [-0.2, 0) is 0 Å². The summed E-state index contributed by atoms with van der Waals surface area (Å²) in [5.74, 6) is 1.42. The standard InChI is InChI=1S/C19H27N7O2.HI/c1-15-7-11-24(13-18(15)25-12-10-21-14-25)19(20-2)23-9-8-22-16-5-3-4-6-17(16)26(27)28;/h3-6,10,12,14-15,18,22H,7-9,11,13H2,1-2H3,(H,20,23);1H. The molecular formula is C19H28IN7O2. The molecule has 0 saturated carbocycles. The number of aromatic nitrogens is 2. The minimum Gasteiger partial charge on any atom is -0.378 e. The summed E-state index contributed by atoms with van der Waals surface area (Å²) >= 11 is 0. The number of nitrogens with one attached hydrogen (secondary N) is 2. The number of aliphatic imine (C=N–C) groups is 1. The fourth-order valence-electron chi connectivity index (χ4n) is 3.58. The lowest BCUT2D eigenvalue weighted by Crippen LogP contribution is -2.49. The second kappa shape index (κ2) is 11.0. The molecule has 0 radical (unpaired) electrons. The van der Waals surface area contributed by atoms with Gasteiger partial charge in [0.1, 0.15) is 5.69 Å². The Labute approximate surface area is 187 Å². The van der Waals surface area contributed by atoms with Crippen molar-refractivity contribution in [2.75, 3.05) is 38.5 Å². The summed E-state index contributed by atoms with van der Waals surface area (Å²) < 4.78 is 2.17. The van der Waals surface area contributed by atoms with Crippen molar-refractivity contribution in [3.63, 3.8) is 0 Å². The Kier molecular flexibility index (Phi) is 8.68. The molecule has 0 spiro atoms. The van der Waals surface area contributed by atoms with Crippen molar-refractivity contribution in [2.24, 2.45) is 10.9 Å². The minimum atomic E-state index is -0.375. The third kappa shape index (κ3) is 5.81. The van der Waals surface area contributed by atoms with E-state index in [-0.39, 0.29) is 34.6 Å². The van der Waals surface area contributed by atoms with Crippen LogP contribution in [0.1, 0.15) is 19.4 Å². The molecule has 0 amide bonds. The first-order valence-electron chi connectivity index (χ1n) is 9.50. The van der Waals surface area contributed by atoms with E-state index in [1.165, 1.54) is 6.07 Å². The number of para-hydroxylation sites is 2. The number of likely N-dealkylation sites (tertiary alicyclic amines) is 1. The monoisotopic (exact) mass is 513 g/mol. The molecular weight excluding hydrogens is 485 g/mol. The van der Waals surface area contributed by atoms with Crippen LogP contribution in [0.3, 0.4) is 0 Å². The lowest BCUT2D eigenvalue weighted by Gasteiger charge is -2.39. The lowest BCUT2D eigenvalue weighted by molar-refractivity contribution is -0.384. The first-order valence-corrected chi connectivity index (χ1v) is 9.50. The highest BCUT2D eigenvalue weighted by Crippen LogP contribution is 2.27. The molecule has 9 nitrogen and oxygen atoms in total. The van der Waals surface area contributed by atoms with Gasteiger partial charge in [0.2, 0.25) is 0 Å². The molecule has 1 aromatic heterocycles. The summed E-state index contributed by atoms with van der Waals surface area (Å²) in [6.45, 7) is 5.26. The van der Waals surface area contributed by atoms with E-state index in [0.717, 1.165) is 25.5 Å². The third-order valence-corrected chi connectivity index (χ3v) is 5.16. The largest absolute Gasteiger partial charge is 0.378 e. The number of anilines is 1. The zero-order chi connectivity index (χ0) is 19.9. The molecule has 0 bridgehead atoms. The molecule has 1 aliphatic rings. The predicted molar refractivity (Wildman–Crippen MR) is 125 cm³/mol. The Bertz CT molecular complexity index is 813. The van der Waals surface area contributed by atoms with Crippen LogP contribution in [0, 0.1) is 16.0 Å². The van der Waals surface area contributed by atoms with Crippen LogP contribution in [0.4, 0.5) is 11.4 Å². The van der Waals surface area contributed by atoms with E-state index >= 15 is 0 Å². The van der Waals surface area contributed by atoms with Crippen LogP contribution in [-0.4, -0.2) is 58.6 Å². The summed E-state index contributed by atoms with van der Waals surface area (Å²) in [5, 5.41) is 17.6. The Morgan fingerprint density at radius 1 is 1.38 bits per heavy atom. The number of nitro groups is 1. The first kappa shape index (κ1) is 22.9. The van der Waals surface area contributed by atoms with Gasteiger partial charge in [0.05, 0.1) is 17.3 Å². The number of nitro benzene ring substituents is 1. The molecule has 2 atom stereocenters. The number of hydrogen-bond acceptors (Lipinski definition) is 5. The Morgan fingerprint density at radius 3 is 2.86 bits per heavy atom. The van der Waals surface area contributed by atoms with Gasteiger partial charge in [0.15, 0.2) is 5.96 Å². The molecule has 1 fully saturated rings. The fraction of sp³-hybridized carbons (Fsp3) is 0.474. The number of hydrogen-bond donors (Lipinski definition) is 2. The van der Waals surface area contributed by atoms with Crippen LogP contribution in [0.5, 0.6) is 0 Å². The molecule has 158 valence electrons. The maximum absolute atomic E-state index is 11.1. The quantitative estimate of drug-likeness (QED) is 0.154. The van der Waals surface area contributed by atoms with Gasteiger partial charge in [-0.2, -0.15) is 0 Å². The van der Waals surface area contributed by atoms with E-state index in [4.69, 9.17) is 0 Å². The van der Waals surface area contributed by atoms with Crippen LogP contribution in [0.15, 0.2) is 48.0 Å². The second-order valence-corrected chi connectivity index (χ2v) is 6.96. The highest BCUT2D eigenvalue weighted by Gasteiger charge is 2.28. The minimum absolute atomic E-state index is 0. The van der Waals surface area contributed by atoms with Gasteiger partial charge in [-0.05, 0) is 18.4 Å². The highest BCUT2D eigenvalue weighted by molar-refractivity contribution is 14.0. The fourth-order valence-corrected chi connectivity index (χ4v) is 3.58. The summed E-state index contributed by atoms with van der Waals surface area (Å²) in [6, 6.07) is 7.03. The average molecular weight is 513 g/mol. The Morgan fingerprint density at radius 2 is 2.17 bits per heavy atom. The maximum atomic E-state index is 11.1. The number of piperidine rings is 1. The molecule has 1 saturated heterocycles. The van der Waals surface area contributed by atoms with Gasteiger partial charge in [-0.25, -0.2) is 4.98 Å². The first-order chi connectivity index (χ1) is 13.6. The van der Waals surface area contributed by atoms with E-state index in [1.807, 2.05) is 18.7 Å². The molecule has 2 heterocycles. The number of nitrogens with zero attached hydrogens (tertiary/aromatic N) is 5. The van der Waals surface area contributed by atoms with Gasteiger partial charge in [-0.3, -0.25) is 15.1 Å². The van der Waals surface area contributed by atoms with Gasteiger partial charge >= 0.3 is 0 Å². The Balaban J connectivity index is 0.00000300. The summed E-state index contributed by atoms with van der Waals surface area (Å²) in [4.78, 5) is 21.6. The molecule has 3 rings (SSSR count). The SMILES string of the molecule is CN=C(NCCNc1ccccc1[N+](=O)[O-])N1CCC(C)C(n2ccnc2)C1.I. The molecule has 29 heavy (non-hydrogen) atoms. The lowest BCUT2D eigenvalue weighted by atomic mass is 9.93. The summed E-state index contributed by atoms with van der Waals surface area (Å²) in [6.07, 6.45) is 6.78. The van der Waals surface area contributed by atoms with Crippen LogP contribution >= 0.6 is 24.0 Å². The van der Waals surface area contributed by atoms with Crippen LogP contribution in [0.2, 0.25) is 0 Å². The van der Waals surface area contributed by atoms with Gasteiger partial charge in [-0.15, -0.1) is 24.0 Å². The van der Waals surface area contributed by atoms with Crippen molar-refractivity contribution in [1.29, 1.82) is 0 Å². The number of halogens is 1. The van der Waals surface area contributed by atoms with Gasteiger partial charge in [0.25, 0.3) is 5.69 Å². The van der Waals surface area contributed by atoms with E-state index in [9.17, 15) is 10.1 Å². The molecule has 2 N–H and O–H groups in total. The number of guanidine groups is 1. The number of imidazole rings is 1. The highest BCUT2D eigenvalue weighted by atomic mass is 127.